The summed E-state index contributed by atoms with van der Waals surface area (Å²) in [5.41, 5.74) is 1.86. The largest absolute Gasteiger partial charge is 0.352 e. The van der Waals surface area contributed by atoms with Crippen molar-refractivity contribution < 1.29 is 9.59 Å². The highest BCUT2D eigenvalue weighted by molar-refractivity contribution is 5.93. The summed E-state index contributed by atoms with van der Waals surface area (Å²) in [6.07, 6.45) is 5.40. The Morgan fingerprint density at radius 1 is 1.08 bits per heavy atom. The minimum Gasteiger partial charge on any atom is -0.352 e. The number of hydrogen-bond acceptors (Lipinski definition) is 3. The van der Waals surface area contributed by atoms with Gasteiger partial charge in [-0.15, -0.1) is 0 Å². The van der Waals surface area contributed by atoms with Crippen molar-refractivity contribution >= 4 is 17.5 Å². The van der Waals surface area contributed by atoms with Gasteiger partial charge in [-0.1, -0.05) is 32.0 Å². The molecule has 1 saturated carbocycles. The molecule has 1 fully saturated rings. The van der Waals surface area contributed by atoms with Gasteiger partial charge in [-0.3, -0.25) is 14.5 Å². The maximum absolute atomic E-state index is 12.4. The van der Waals surface area contributed by atoms with E-state index in [2.05, 4.69) is 24.5 Å². The van der Waals surface area contributed by atoms with Crippen molar-refractivity contribution in [1.82, 2.24) is 10.2 Å². The van der Waals surface area contributed by atoms with Crippen LogP contribution in [0, 0.1) is 12.8 Å². The van der Waals surface area contributed by atoms with E-state index in [0.29, 0.717) is 6.04 Å². The van der Waals surface area contributed by atoms with Gasteiger partial charge in [0.25, 0.3) is 0 Å². The van der Waals surface area contributed by atoms with Gasteiger partial charge in [-0.25, -0.2) is 0 Å². The molecule has 0 bridgehead atoms. The lowest BCUT2D eigenvalue weighted by Gasteiger charge is -2.28. The lowest BCUT2D eigenvalue weighted by Crippen LogP contribution is -2.45. The van der Waals surface area contributed by atoms with Crippen LogP contribution in [-0.4, -0.2) is 42.4 Å². The van der Waals surface area contributed by atoms with Crippen LogP contribution in [0.25, 0.3) is 0 Å². The maximum Gasteiger partial charge on any atom is 0.238 e. The lowest BCUT2D eigenvalue weighted by molar-refractivity contribution is -0.124. The molecule has 26 heavy (non-hydrogen) atoms. The number of carbonyl (C=O) groups excluding carboxylic acids is 2. The zero-order chi connectivity index (χ0) is 18.9. The molecule has 1 aliphatic rings. The van der Waals surface area contributed by atoms with Gasteiger partial charge in [0.1, 0.15) is 0 Å². The molecule has 0 aliphatic heterocycles. The van der Waals surface area contributed by atoms with E-state index in [0.717, 1.165) is 43.0 Å². The van der Waals surface area contributed by atoms with Crippen molar-refractivity contribution in [2.75, 3.05) is 25.0 Å². The van der Waals surface area contributed by atoms with Crippen LogP contribution in [0.2, 0.25) is 0 Å². The number of para-hydroxylation sites is 1. The Morgan fingerprint density at radius 3 is 2.38 bits per heavy atom. The minimum absolute atomic E-state index is 0.0293. The molecule has 0 spiro atoms. The number of aryl methyl sites for hydroxylation is 1. The van der Waals surface area contributed by atoms with Crippen molar-refractivity contribution in [3.63, 3.8) is 0 Å². The Hall–Kier alpha value is -1.88. The van der Waals surface area contributed by atoms with Crippen LogP contribution >= 0.6 is 0 Å². The van der Waals surface area contributed by atoms with Crippen LogP contribution in [-0.2, 0) is 9.59 Å². The molecule has 144 valence electrons. The summed E-state index contributed by atoms with van der Waals surface area (Å²) in [6.45, 7) is 7.55. The van der Waals surface area contributed by atoms with E-state index in [1.807, 2.05) is 36.1 Å². The third-order valence-corrected chi connectivity index (χ3v) is 5.07. The van der Waals surface area contributed by atoms with Crippen molar-refractivity contribution in [2.24, 2.45) is 5.92 Å². The predicted octanol–water partition coefficient (Wildman–Crippen LogP) is 3.34. The minimum atomic E-state index is -0.0768. The van der Waals surface area contributed by atoms with Gasteiger partial charge in [-0.2, -0.15) is 0 Å². The Kier molecular flexibility index (Phi) is 8.10. The topological polar surface area (TPSA) is 61.4 Å². The number of hydrogen-bond donors (Lipinski definition) is 2. The van der Waals surface area contributed by atoms with Crippen LogP contribution in [0.1, 0.15) is 51.5 Å². The van der Waals surface area contributed by atoms with Gasteiger partial charge >= 0.3 is 0 Å². The number of amides is 2. The maximum atomic E-state index is 12.4. The summed E-state index contributed by atoms with van der Waals surface area (Å²) in [4.78, 5) is 26.7. The number of benzene rings is 1. The fourth-order valence-corrected chi connectivity index (χ4v) is 3.52. The van der Waals surface area contributed by atoms with Crippen molar-refractivity contribution in [1.29, 1.82) is 0 Å². The number of nitrogens with zero attached hydrogens (tertiary/aromatic N) is 1. The van der Waals surface area contributed by atoms with Crippen molar-refractivity contribution in [3.05, 3.63) is 29.8 Å². The van der Waals surface area contributed by atoms with Crippen LogP contribution < -0.4 is 10.6 Å². The van der Waals surface area contributed by atoms with E-state index >= 15 is 0 Å². The van der Waals surface area contributed by atoms with Gasteiger partial charge in [-0.05, 0) is 63.1 Å². The van der Waals surface area contributed by atoms with E-state index < -0.39 is 0 Å². The SMILES string of the molecule is CCCN(CC(=O)Nc1ccccc1C)CC(=O)NC1CCC(C)CC1. The molecule has 1 aromatic rings. The second-order valence-electron chi connectivity index (χ2n) is 7.60. The Morgan fingerprint density at radius 2 is 1.73 bits per heavy atom. The van der Waals surface area contributed by atoms with E-state index in [4.69, 9.17) is 0 Å². The molecule has 0 radical (unpaired) electrons. The molecule has 0 unspecified atom stereocenters. The molecular weight excluding hydrogens is 326 g/mol. The first-order valence-electron chi connectivity index (χ1n) is 9.85. The van der Waals surface area contributed by atoms with Gasteiger partial charge < -0.3 is 10.6 Å². The zero-order valence-corrected chi connectivity index (χ0v) is 16.4. The van der Waals surface area contributed by atoms with Gasteiger partial charge in [0.05, 0.1) is 13.1 Å². The highest BCUT2D eigenvalue weighted by Gasteiger charge is 2.21. The summed E-state index contributed by atoms with van der Waals surface area (Å²) >= 11 is 0. The fourth-order valence-electron chi connectivity index (χ4n) is 3.52. The van der Waals surface area contributed by atoms with Crippen LogP contribution in [0.5, 0.6) is 0 Å². The molecule has 2 amide bonds. The number of carbonyl (C=O) groups is 2. The Labute approximate surface area is 157 Å². The van der Waals surface area contributed by atoms with Crippen molar-refractivity contribution in [3.8, 4) is 0 Å². The molecule has 0 heterocycles. The van der Waals surface area contributed by atoms with Crippen LogP contribution in [0.3, 0.4) is 0 Å². The van der Waals surface area contributed by atoms with Crippen LogP contribution in [0.4, 0.5) is 5.69 Å². The summed E-state index contributed by atoms with van der Waals surface area (Å²) < 4.78 is 0. The quantitative estimate of drug-likeness (QED) is 0.748. The standard InChI is InChI=1S/C21H33N3O2/c1-4-13-24(14-20(25)22-18-11-9-16(2)10-12-18)15-21(26)23-19-8-6-5-7-17(19)3/h5-8,16,18H,4,9-15H2,1-3H3,(H,22,25)(H,23,26). The smallest absolute Gasteiger partial charge is 0.238 e. The molecule has 5 nitrogen and oxygen atoms in total. The molecule has 1 aromatic carbocycles. The van der Waals surface area contributed by atoms with E-state index in [-0.39, 0.29) is 24.9 Å². The number of anilines is 1. The fraction of sp³-hybridized carbons (Fsp3) is 0.619. The summed E-state index contributed by atoms with van der Waals surface area (Å²) in [5.74, 6) is 0.721. The monoisotopic (exact) mass is 359 g/mol. The third kappa shape index (κ3) is 6.79. The average molecular weight is 360 g/mol. The molecule has 2 rings (SSSR count). The van der Waals surface area contributed by atoms with E-state index in [9.17, 15) is 9.59 Å². The third-order valence-electron chi connectivity index (χ3n) is 5.07. The molecule has 5 heteroatoms. The molecule has 0 atom stereocenters. The predicted molar refractivity (Wildman–Crippen MR) is 106 cm³/mol. The second-order valence-corrected chi connectivity index (χ2v) is 7.60. The first-order chi connectivity index (χ1) is 12.5. The normalized spacial score (nSPS) is 20.0. The summed E-state index contributed by atoms with van der Waals surface area (Å²) in [7, 11) is 0. The van der Waals surface area contributed by atoms with E-state index in [1.165, 1.54) is 12.8 Å². The first-order valence-corrected chi connectivity index (χ1v) is 9.85. The highest BCUT2D eigenvalue weighted by Crippen LogP contribution is 2.23. The van der Waals surface area contributed by atoms with Gasteiger partial charge in [0.2, 0.25) is 11.8 Å². The molecular formula is C21H33N3O2. The average Bonchev–Trinajstić information content (AvgIpc) is 2.59. The zero-order valence-electron chi connectivity index (χ0n) is 16.4. The summed E-state index contributed by atoms with van der Waals surface area (Å²) in [5, 5.41) is 6.09. The number of rotatable bonds is 8. The van der Waals surface area contributed by atoms with Gasteiger partial charge in [0, 0.05) is 11.7 Å². The van der Waals surface area contributed by atoms with Crippen LogP contribution in [0.15, 0.2) is 24.3 Å². The summed E-state index contributed by atoms with van der Waals surface area (Å²) in [6, 6.07) is 8.02. The Balaban J connectivity index is 1.82. The molecule has 1 aliphatic carbocycles. The lowest BCUT2D eigenvalue weighted by atomic mass is 9.87. The van der Waals surface area contributed by atoms with E-state index in [1.54, 1.807) is 0 Å². The second kappa shape index (κ2) is 10.3. The number of nitrogens with one attached hydrogen (secondary N) is 2. The van der Waals surface area contributed by atoms with Crippen molar-refractivity contribution in [2.45, 2.75) is 58.9 Å². The molecule has 2 N–H and O–H groups in total. The molecule has 0 aromatic heterocycles. The first kappa shape index (κ1) is 20.4. The molecule has 0 saturated heterocycles. The Bertz CT molecular complexity index is 595. The van der Waals surface area contributed by atoms with Gasteiger partial charge in [0.15, 0.2) is 0 Å². The highest BCUT2D eigenvalue weighted by atomic mass is 16.2.